The van der Waals surface area contributed by atoms with E-state index >= 15 is 0 Å². The number of anilines is 1. The van der Waals surface area contributed by atoms with Gasteiger partial charge in [0.2, 0.25) is 0 Å². The molecule has 0 fully saturated rings. The topological polar surface area (TPSA) is 84.4 Å². The molecule has 5 N–H and O–H groups in total. The molecule has 1 aromatic rings. The number of carbonyl (C=O) groups is 1. The second-order valence-electron chi connectivity index (χ2n) is 3.92. The second-order valence-corrected chi connectivity index (χ2v) is 5.92. The maximum absolute atomic E-state index is 12.3. The normalized spacial score (nSPS) is 12.1. The molecule has 0 atom stereocenters. The van der Waals surface area contributed by atoms with Gasteiger partial charge in [0.15, 0.2) is 0 Å². The van der Waals surface area contributed by atoms with Crippen molar-refractivity contribution < 1.29 is 4.79 Å². The molecular formula is C13H17ClN4OS2. The summed E-state index contributed by atoms with van der Waals surface area (Å²) in [4.78, 5) is 12.3. The monoisotopic (exact) mass is 344 g/mol. The molecule has 21 heavy (non-hydrogen) atoms. The number of amides is 1. The quantitative estimate of drug-likeness (QED) is 0.543. The van der Waals surface area contributed by atoms with Crippen LogP contribution in [0.2, 0.25) is 0 Å². The Morgan fingerprint density at radius 1 is 1.33 bits per heavy atom. The molecule has 0 aliphatic heterocycles. The van der Waals surface area contributed by atoms with Crippen LogP contribution >= 0.6 is 33.6 Å². The van der Waals surface area contributed by atoms with Gasteiger partial charge in [0.25, 0.3) is 5.91 Å². The number of rotatable bonds is 6. The molecule has 0 aliphatic carbocycles. The zero-order valence-corrected chi connectivity index (χ0v) is 14.1. The molecule has 114 valence electrons. The number of hydrogen-bond acceptors (Lipinski definition) is 6. The number of nitrogens with two attached hydrogens (primary N) is 2. The van der Waals surface area contributed by atoms with E-state index in [-0.39, 0.29) is 11.7 Å². The minimum absolute atomic E-state index is 0.190. The fourth-order valence-corrected chi connectivity index (χ4v) is 2.11. The number of hydrogen-bond donors (Lipinski definition) is 3. The van der Waals surface area contributed by atoms with E-state index < -0.39 is 0 Å². The van der Waals surface area contributed by atoms with E-state index in [1.807, 2.05) is 29.7 Å². The first kappa shape index (κ1) is 17.6. The predicted molar refractivity (Wildman–Crippen MR) is 93.8 cm³/mol. The fourth-order valence-electron chi connectivity index (χ4n) is 1.48. The molecule has 0 aromatic heterocycles. The first-order chi connectivity index (χ1) is 9.99. The lowest BCUT2D eigenvalue weighted by Crippen LogP contribution is -2.28. The summed E-state index contributed by atoms with van der Waals surface area (Å²) in [6.07, 6.45) is 4.94. The molecule has 1 amide bonds. The van der Waals surface area contributed by atoms with Crippen molar-refractivity contribution in [3.05, 3.63) is 52.8 Å². The number of halogens is 1. The Kier molecular flexibility index (Phi) is 7.35. The largest absolute Gasteiger partial charge is 0.393 e. The minimum Gasteiger partial charge on any atom is -0.393 e. The van der Waals surface area contributed by atoms with Crippen molar-refractivity contribution in [2.24, 2.45) is 11.5 Å². The maximum atomic E-state index is 12.3. The standard InChI is InChI=1S/C13H17ClN4OS2/c1-18(20-2)10-6-4-3-5-9(10)13(19)17-11(15)7-8-12(16)21-14/h3-8H,15-16H2,1-2H3,(H,17,19)/b11-7+,12-8+. The molecule has 0 aliphatic rings. The van der Waals surface area contributed by atoms with Gasteiger partial charge in [-0.2, -0.15) is 0 Å². The third-order valence-corrected chi connectivity index (χ3v) is 4.13. The summed E-state index contributed by atoms with van der Waals surface area (Å²) in [6, 6.07) is 7.28. The molecule has 0 radical (unpaired) electrons. The van der Waals surface area contributed by atoms with Crippen LogP contribution in [0.3, 0.4) is 0 Å². The molecule has 0 bridgehead atoms. The van der Waals surface area contributed by atoms with Crippen LogP contribution in [0.4, 0.5) is 5.69 Å². The molecular weight excluding hydrogens is 328 g/mol. The van der Waals surface area contributed by atoms with Crippen LogP contribution in [0.1, 0.15) is 10.4 Å². The molecule has 0 unspecified atom stereocenters. The van der Waals surface area contributed by atoms with Gasteiger partial charge in [-0.1, -0.05) is 24.1 Å². The van der Waals surface area contributed by atoms with Crippen LogP contribution in [-0.2, 0) is 0 Å². The lowest BCUT2D eigenvalue weighted by atomic mass is 10.1. The number of para-hydroxylation sites is 1. The van der Waals surface area contributed by atoms with E-state index in [4.69, 9.17) is 22.1 Å². The molecule has 1 aromatic carbocycles. The highest BCUT2D eigenvalue weighted by molar-refractivity contribution is 8.24. The van der Waals surface area contributed by atoms with Crippen molar-refractivity contribution in [3.8, 4) is 0 Å². The summed E-state index contributed by atoms with van der Waals surface area (Å²) < 4.78 is 1.90. The van der Waals surface area contributed by atoms with Crippen molar-refractivity contribution in [1.82, 2.24) is 5.32 Å². The summed E-state index contributed by atoms with van der Waals surface area (Å²) in [6.45, 7) is 0. The van der Waals surface area contributed by atoms with Gasteiger partial charge in [-0.05, 0) is 45.9 Å². The average Bonchev–Trinajstić information content (AvgIpc) is 2.51. The summed E-state index contributed by atoms with van der Waals surface area (Å²) in [7, 11) is 8.23. The summed E-state index contributed by atoms with van der Waals surface area (Å²) in [5.41, 5.74) is 12.6. The molecule has 0 spiro atoms. The molecule has 0 heterocycles. The van der Waals surface area contributed by atoms with Crippen LogP contribution < -0.4 is 21.1 Å². The summed E-state index contributed by atoms with van der Waals surface area (Å²) >= 11 is 1.51. The Morgan fingerprint density at radius 2 is 2.00 bits per heavy atom. The van der Waals surface area contributed by atoms with E-state index in [1.54, 1.807) is 12.1 Å². The van der Waals surface area contributed by atoms with Gasteiger partial charge < -0.3 is 21.1 Å². The Labute approximate surface area is 137 Å². The Bertz CT molecular complexity index is 563. The summed E-state index contributed by atoms with van der Waals surface area (Å²) in [5, 5.41) is 2.99. The van der Waals surface area contributed by atoms with E-state index in [0.717, 1.165) is 16.7 Å². The maximum Gasteiger partial charge on any atom is 0.258 e. The van der Waals surface area contributed by atoms with Gasteiger partial charge >= 0.3 is 0 Å². The van der Waals surface area contributed by atoms with Gasteiger partial charge in [-0.3, -0.25) is 4.79 Å². The van der Waals surface area contributed by atoms with Crippen LogP contribution in [0, 0.1) is 0 Å². The number of allylic oxidation sites excluding steroid dienone is 2. The second kappa shape index (κ2) is 8.76. The van der Waals surface area contributed by atoms with Crippen LogP contribution in [-0.4, -0.2) is 19.2 Å². The molecule has 5 nitrogen and oxygen atoms in total. The number of nitrogens with zero attached hydrogens (tertiary/aromatic N) is 1. The third kappa shape index (κ3) is 5.45. The molecule has 8 heteroatoms. The van der Waals surface area contributed by atoms with Gasteiger partial charge in [-0.25, -0.2) is 0 Å². The first-order valence-electron chi connectivity index (χ1n) is 5.89. The zero-order valence-electron chi connectivity index (χ0n) is 11.7. The van der Waals surface area contributed by atoms with Crippen LogP contribution in [0.15, 0.2) is 47.3 Å². The molecule has 0 saturated carbocycles. The number of benzene rings is 1. The molecule has 1 rings (SSSR count). The van der Waals surface area contributed by atoms with Crippen LogP contribution in [0.25, 0.3) is 0 Å². The Morgan fingerprint density at radius 3 is 2.62 bits per heavy atom. The SMILES string of the molecule is CSN(C)c1ccccc1C(=O)N/C(N)=C/C=C(\N)SCl. The van der Waals surface area contributed by atoms with E-state index in [0.29, 0.717) is 10.6 Å². The summed E-state index contributed by atoms with van der Waals surface area (Å²) in [5.74, 6) is -0.0963. The smallest absolute Gasteiger partial charge is 0.258 e. The van der Waals surface area contributed by atoms with Gasteiger partial charge in [-0.15, -0.1) is 0 Å². The Balaban J connectivity index is 2.90. The lowest BCUT2D eigenvalue weighted by Gasteiger charge is -2.18. The van der Waals surface area contributed by atoms with Crippen molar-refractivity contribution in [2.75, 3.05) is 17.6 Å². The van der Waals surface area contributed by atoms with E-state index in [1.165, 1.54) is 24.1 Å². The van der Waals surface area contributed by atoms with Crippen molar-refractivity contribution >= 4 is 45.2 Å². The molecule has 0 saturated heterocycles. The van der Waals surface area contributed by atoms with Crippen LogP contribution in [0.5, 0.6) is 0 Å². The minimum atomic E-state index is -0.286. The highest BCUT2D eigenvalue weighted by Crippen LogP contribution is 2.23. The van der Waals surface area contributed by atoms with Gasteiger partial charge in [0, 0.05) is 13.3 Å². The average molecular weight is 345 g/mol. The number of nitrogens with one attached hydrogen (secondary N) is 1. The third-order valence-electron chi connectivity index (χ3n) is 2.54. The highest BCUT2D eigenvalue weighted by atomic mass is 35.7. The predicted octanol–water partition coefficient (Wildman–Crippen LogP) is 2.62. The Hall–Kier alpha value is -1.44. The number of carbonyl (C=O) groups excluding carboxylic acids is 1. The lowest BCUT2D eigenvalue weighted by molar-refractivity contribution is 0.0966. The first-order valence-corrected chi connectivity index (χ1v) is 8.71. The fraction of sp³-hybridized carbons (Fsp3) is 0.154. The van der Waals surface area contributed by atoms with Crippen molar-refractivity contribution in [1.29, 1.82) is 0 Å². The van der Waals surface area contributed by atoms with Gasteiger partial charge in [0.1, 0.15) is 5.82 Å². The van der Waals surface area contributed by atoms with E-state index in [9.17, 15) is 4.79 Å². The van der Waals surface area contributed by atoms with Crippen molar-refractivity contribution in [3.63, 3.8) is 0 Å². The van der Waals surface area contributed by atoms with E-state index in [2.05, 4.69) is 5.32 Å². The van der Waals surface area contributed by atoms with Gasteiger partial charge in [0.05, 0.1) is 16.3 Å². The highest BCUT2D eigenvalue weighted by Gasteiger charge is 2.13. The van der Waals surface area contributed by atoms with Crippen molar-refractivity contribution in [2.45, 2.75) is 0 Å². The zero-order chi connectivity index (χ0) is 15.8.